The largest absolute Gasteiger partial charge is 0.293 e. The summed E-state index contributed by atoms with van der Waals surface area (Å²) in [6, 6.07) is 7.32. The zero-order chi connectivity index (χ0) is 11.5. The van der Waals surface area contributed by atoms with Gasteiger partial charge in [0.2, 0.25) is 0 Å². The second kappa shape index (κ2) is 4.76. The number of hydrogen-bond donors (Lipinski definition) is 0. The number of aryl methyl sites for hydroxylation is 1. The van der Waals surface area contributed by atoms with Gasteiger partial charge in [-0.15, -0.1) is 11.3 Å². The van der Waals surface area contributed by atoms with Crippen molar-refractivity contribution in [3.63, 3.8) is 0 Å². The minimum Gasteiger partial charge on any atom is -0.293 e. The summed E-state index contributed by atoms with van der Waals surface area (Å²) in [5, 5.41) is 0. The van der Waals surface area contributed by atoms with Gasteiger partial charge in [-0.3, -0.25) is 9.78 Å². The third-order valence-corrected chi connectivity index (χ3v) is 3.43. The molecule has 2 heterocycles. The fourth-order valence-corrected chi connectivity index (χ4v) is 2.30. The third-order valence-electron chi connectivity index (χ3n) is 2.16. The van der Waals surface area contributed by atoms with Crippen LogP contribution < -0.4 is 0 Å². The molecule has 82 valence electrons. The van der Waals surface area contributed by atoms with Crippen LogP contribution in [0.4, 0.5) is 0 Å². The number of halogens is 1. The smallest absolute Gasteiger partial charge is 0.178 e. The molecule has 0 unspecified atom stereocenters. The number of hydrogen-bond acceptors (Lipinski definition) is 3. The Morgan fingerprint density at radius 2 is 2.19 bits per heavy atom. The normalized spacial score (nSPS) is 10.4. The van der Waals surface area contributed by atoms with Gasteiger partial charge in [0.05, 0.1) is 15.6 Å². The molecule has 0 aliphatic rings. The van der Waals surface area contributed by atoms with Crippen LogP contribution in [0.3, 0.4) is 0 Å². The van der Waals surface area contributed by atoms with Gasteiger partial charge in [0, 0.05) is 11.9 Å². The zero-order valence-corrected chi connectivity index (χ0v) is 10.3. The zero-order valence-electron chi connectivity index (χ0n) is 8.74. The van der Waals surface area contributed by atoms with E-state index in [1.807, 2.05) is 19.1 Å². The molecule has 0 aliphatic carbocycles. The van der Waals surface area contributed by atoms with E-state index in [9.17, 15) is 4.79 Å². The van der Waals surface area contributed by atoms with Crippen molar-refractivity contribution in [2.75, 3.05) is 0 Å². The SMILES string of the molecule is Cc1ccc(CC(=O)c2ccc(Cl)s2)nc1. The van der Waals surface area contributed by atoms with Crippen molar-refractivity contribution in [3.8, 4) is 0 Å². The first-order chi connectivity index (χ1) is 7.65. The summed E-state index contributed by atoms with van der Waals surface area (Å²) in [6.07, 6.45) is 2.10. The molecule has 2 aromatic heterocycles. The van der Waals surface area contributed by atoms with Crippen molar-refractivity contribution < 1.29 is 4.79 Å². The highest BCUT2D eigenvalue weighted by molar-refractivity contribution is 7.18. The van der Waals surface area contributed by atoms with Gasteiger partial charge in [-0.2, -0.15) is 0 Å². The van der Waals surface area contributed by atoms with Gasteiger partial charge < -0.3 is 0 Å². The molecule has 0 atom stereocenters. The van der Waals surface area contributed by atoms with Crippen LogP contribution in [0.1, 0.15) is 20.9 Å². The highest BCUT2D eigenvalue weighted by Gasteiger charge is 2.10. The third kappa shape index (κ3) is 2.68. The van der Waals surface area contributed by atoms with Crippen LogP contribution in [0.2, 0.25) is 4.34 Å². The number of ketones is 1. The van der Waals surface area contributed by atoms with Crippen molar-refractivity contribution >= 4 is 28.7 Å². The molecule has 0 radical (unpaired) electrons. The molecular weight excluding hydrogens is 242 g/mol. The number of pyridine rings is 1. The predicted octanol–water partition coefficient (Wildman–Crippen LogP) is 3.53. The average molecular weight is 252 g/mol. The summed E-state index contributed by atoms with van der Waals surface area (Å²) >= 11 is 7.09. The standard InChI is InChI=1S/C12H10ClNOS/c1-8-2-3-9(14-7-8)6-10(15)11-4-5-12(13)16-11/h2-5,7H,6H2,1H3. The molecular formula is C12H10ClNOS. The van der Waals surface area contributed by atoms with Crippen molar-refractivity contribution in [2.45, 2.75) is 13.3 Å². The van der Waals surface area contributed by atoms with Crippen molar-refractivity contribution in [1.29, 1.82) is 0 Å². The second-order valence-electron chi connectivity index (χ2n) is 3.53. The van der Waals surface area contributed by atoms with E-state index in [0.29, 0.717) is 15.6 Å². The van der Waals surface area contributed by atoms with Gasteiger partial charge >= 0.3 is 0 Å². The Morgan fingerprint density at radius 1 is 1.38 bits per heavy atom. The van der Waals surface area contributed by atoms with Crippen LogP contribution in [0, 0.1) is 6.92 Å². The molecule has 2 rings (SSSR count). The van der Waals surface area contributed by atoms with E-state index >= 15 is 0 Å². The van der Waals surface area contributed by atoms with Crippen LogP contribution in [-0.4, -0.2) is 10.8 Å². The number of aromatic nitrogens is 1. The van der Waals surface area contributed by atoms with E-state index in [1.165, 1.54) is 11.3 Å². The molecule has 4 heteroatoms. The summed E-state index contributed by atoms with van der Waals surface area (Å²) in [5.74, 6) is 0.0632. The van der Waals surface area contributed by atoms with Crippen LogP contribution in [0.5, 0.6) is 0 Å². The first-order valence-electron chi connectivity index (χ1n) is 4.85. The monoisotopic (exact) mass is 251 g/mol. The van der Waals surface area contributed by atoms with Gasteiger partial charge in [-0.25, -0.2) is 0 Å². The van der Waals surface area contributed by atoms with Crippen LogP contribution in [0.25, 0.3) is 0 Å². The minimum atomic E-state index is 0.0632. The fourth-order valence-electron chi connectivity index (χ4n) is 1.32. The van der Waals surface area contributed by atoms with Crippen molar-refractivity contribution in [2.24, 2.45) is 0 Å². The Kier molecular flexibility index (Phi) is 3.36. The molecule has 0 spiro atoms. The maximum Gasteiger partial charge on any atom is 0.178 e. The Labute approximate surface area is 103 Å². The Bertz CT molecular complexity index is 504. The van der Waals surface area contributed by atoms with Crippen LogP contribution in [-0.2, 0) is 6.42 Å². The molecule has 2 nitrogen and oxygen atoms in total. The first kappa shape index (κ1) is 11.3. The molecule has 0 aliphatic heterocycles. The molecule has 0 saturated carbocycles. The van der Waals surface area contributed by atoms with E-state index < -0.39 is 0 Å². The lowest BCUT2D eigenvalue weighted by Crippen LogP contribution is -2.02. The lowest BCUT2D eigenvalue weighted by Gasteiger charge is -1.98. The number of Topliss-reactive ketones (excluding diaryl/α,β-unsaturated/α-hetero) is 1. The maximum absolute atomic E-state index is 11.8. The maximum atomic E-state index is 11.8. The quantitative estimate of drug-likeness (QED) is 0.781. The van der Waals surface area contributed by atoms with E-state index in [1.54, 1.807) is 18.3 Å². The Balaban J connectivity index is 2.10. The van der Waals surface area contributed by atoms with Gasteiger partial charge in [-0.05, 0) is 30.7 Å². The fraction of sp³-hybridized carbons (Fsp3) is 0.167. The van der Waals surface area contributed by atoms with E-state index in [2.05, 4.69) is 4.98 Å². The highest BCUT2D eigenvalue weighted by atomic mass is 35.5. The highest BCUT2D eigenvalue weighted by Crippen LogP contribution is 2.22. The van der Waals surface area contributed by atoms with E-state index in [0.717, 1.165) is 11.3 Å². The average Bonchev–Trinajstić information content (AvgIpc) is 2.68. The first-order valence-corrected chi connectivity index (χ1v) is 6.04. The molecule has 0 amide bonds. The predicted molar refractivity (Wildman–Crippen MR) is 66.3 cm³/mol. The number of rotatable bonds is 3. The summed E-state index contributed by atoms with van der Waals surface area (Å²) in [5.41, 5.74) is 1.88. The van der Waals surface area contributed by atoms with Crippen molar-refractivity contribution in [1.82, 2.24) is 4.98 Å². The lowest BCUT2D eigenvalue weighted by molar-refractivity contribution is 0.0996. The summed E-state index contributed by atoms with van der Waals surface area (Å²) in [6.45, 7) is 1.97. The summed E-state index contributed by atoms with van der Waals surface area (Å²) < 4.78 is 0.639. The number of nitrogens with zero attached hydrogens (tertiary/aromatic N) is 1. The molecule has 0 fully saturated rings. The second-order valence-corrected chi connectivity index (χ2v) is 5.25. The van der Waals surface area contributed by atoms with Crippen molar-refractivity contribution in [3.05, 3.63) is 50.9 Å². The molecule has 16 heavy (non-hydrogen) atoms. The molecule has 2 aromatic rings. The van der Waals surface area contributed by atoms with Gasteiger partial charge in [0.25, 0.3) is 0 Å². The summed E-state index contributed by atoms with van der Waals surface area (Å²) in [7, 11) is 0. The molecule has 0 saturated heterocycles. The Hall–Kier alpha value is -1.19. The lowest BCUT2D eigenvalue weighted by atomic mass is 10.1. The van der Waals surface area contributed by atoms with Gasteiger partial charge in [-0.1, -0.05) is 17.7 Å². The van der Waals surface area contributed by atoms with Gasteiger partial charge in [0.1, 0.15) is 0 Å². The van der Waals surface area contributed by atoms with E-state index in [4.69, 9.17) is 11.6 Å². The molecule has 0 aromatic carbocycles. The molecule has 0 bridgehead atoms. The molecule has 0 N–H and O–H groups in total. The summed E-state index contributed by atoms with van der Waals surface area (Å²) in [4.78, 5) is 16.7. The number of carbonyl (C=O) groups excluding carboxylic acids is 1. The number of thiophene rings is 1. The van der Waals surface area contributed by atoms with E-state index in [-0.39, 0.29) is 5.78 Å². The number of carbonyl (C=O) groups is 1. The Morgan fingerprint density at radius 3 is 2.75 bits per heavy atom. The van der Waals surface area contributed by atoms with Gasteiger partial charge in [0.15, 0.2) is 5.78 Å². The minimum absolute atomic E-state index is 0.0632. The van der Waals surface area contributed by atoms with Crippen LogP contribution >= 0.6 is 22.9 Å². The topological polar surface area (TPSA) is 30.0 Å². The van der Waals surface area contributed by atoms with Crippen LogP contribution in [0.15, 0.2) is 30.5 Å².